The van der Waals surface area contributed by atoms with E-state index in [0.717, 1.165) is 0 Å². The largest absolute Gasteiger partial charge is 0.357 e. The third kappa shape index (κ3) is 2.25. The normalized spacial score (nSPS) is 10.6. The van der Waals surface area contributed by atoms with Crippen molar-refractivity contribution in [1.29, 1.82) is 0 Å². The summed E-state index contributed by atoms with van der Waals surface area (Å²) in [7, 11) is 1.72. The quantitative estimate of drug-likeness (QED) is 0.766. The van der Waals surface area contributed by atoms with Crippen LogP contribution in [-0.2, 0) is 0 Å². The van der Waals surface area contributed by atoms with E-state index in [-0.39, 0.29) is 0 Å². The number of rotatable bonds is 3. The lowest BCUT2D eigenvalue weighted by atomic mass is 10.7. The van der Waals surface area contributed by atoms with Gasteiger partial charge in [-0.05, 0) is 6.07 Å². The van der Waals surface area contributed by atoms with Crippen molar-refractivity contribution in [2.75, 3.05) is 12.4 Å². The van der Waals surface area contributed by atoms with E-state index in [1.165, 1.54) is 15.6 Å². The lowest BCUT2D eigenvalue weighted by Crippen LogP contribution is -2.11. The molecule has 0 aliphatic heterocycles. The minimum atomic E-state index is 0.358. The van der Waals surface area contributed by atoms with Gasteiger partial charge in [0.25, 0.3) is 11.9 Å². The summed E-state index contributed by atoms with van der Waals surface area (Å²) in [6.45, 7) is 0. The number of halogens is 1. The van der Waals surface area contributed by atoms with Crippen LogP contribution in [0.1, 0.15) is 0 Å². The number of hydrogen-bond donors (Lipinski definition) is 1. The molecule has 0 saturated heterocycles. The lowest BCUT2D eigenvalue weighted by molar-refractivity contribution is 0.747. The van der Waals surface area contributed by atoms with E-state index < -0.39 is 0 Å². The van der Waals surface area contributed by atoms with Gasteiger partial charge in [0.2, 0.25) is 5.95 Å². The average molecular weight is 277 g/mol. The first kappa shape index (κ1) is 11.6. The monoisotopic (exact) mass is 276 g/mol. The molecule has 3 heterocycles. The maximum absolute atomic E-state index is 5.84. The predicted octanol–water partition coefficient (Wildman–Crippen LogP) is 0.938. The topological polar surface area (TPSA) is 86.3 Å². The minimum Gasteiger partial charge on any atom is -0.357 e. The Morgan fingerprint density at radius 3 is 2.47 bits per heavy atom. The third-order valence-electron chi connectivity index (χ3n) is 2.30. The molecular weight excluding hydrogens is 268 g/mol. The van der Waals surface area contributed by atoms with Crippen molar-refractivity contribution in [3.05, 3.63) is 35.9 Å². The van der Waals surface area contributed by atoms with Crippen molar-refractivity contribution in [3.8, 4) is 11.9 Å². The molecule has 0 aliphatic carbocycles. The summed E-state index contributed by atoms with van der Waals surface area (Å²) >= 11 is 5.84. The van der Waals surface area contributed by atoms with Gasteiger partial charge in [0.05, 0.1) is 17.4 Å². The van der Waals surface area contributed by atoms with Crippen LogP contribution in [0.5, 0.6) is 0 Å². The molecule has 0 aromatic carbocycles. The molecule has 3 aromatic rings. The summed E-state index contributed by atoms with van der Waals surface area (Å²) in [4.78, 5) is 12.7. The summed E-state index contributed by atoms with van der Waals surface area (Å²) in [5, 5.41) is 11.5. The van der Waals surface area contributed by atoms with Gasteiger partial charge < -0.3 is 5.32 Å². The Morgan fingerprint density at radius 1 is 1.11 bits per heavy atom. The molecule has 19 heavy (non-hydrogen) atoms. The first-order chi connectivity index (χ1) is 9.26. The van der Waals surface area contributed by atoms with Crippen molar-refractivity contribution in [1.82, 2.24) is 34.5 Å². The zero-order chi connectivity index (χ0) is 13.2. The fourth-order valence-corrected chi connectivity index (χ4v) is 1.60. The van der Waals surface area contributed by atoms with Gasteiger partial charge in [-0.25, -0.2) is 9.36 Å². The first-order valence-corrected chi connectivity index (χ1v) is 5.78. The van der Waals surface area contributed by atoms with Gasteiger partial charge in [0.15, 0.2) is 0 Å². The smallest absolute Gasteiger partial charge is 0.257 e. The van der Waals surface area contributed by atoms with E-state index >= 15 is 0 Å². The van der Waals surface area contributed by atoms with Gasteiger partial charge in [-0.2, -0.15) is 25.1 Å². The standard InChI is InChI=1S/C10H9ClN8/c1-12-8-15-9(18-4-2-3-13-18)17-10(16-8)19-6-7(11)5-14-19/h2-6H,1H3,(H,12,15,16,17). The van der Waals surface area contributed by atoms with Crippen LogP contribution in [0.4, 0.5) is 5.95 Å². The molecule has 3 aromatic heterocycles. The summed E-state index contributed by atoms with van der Waals surface area (Å²) < 4.78 is 3.01. The Hall–Kier alpha value is -2.48. The molecule has 0 radical (unpaired) electrons. The molecule has 96 valence electrons. The predicted molar refractivity (Wildman–Crippen MR) is 68.6 cm³/mol. The van der Waals surface area contributed by atoms with Gasteiger partial charge in [0.1, 0.15) is 0 Å². The zero-order valence-corrected chi connectivity index (χ0v) is 10.7. The highest BCUT2D eigenvalue weighted by Gasteiger charge is 2.10. The fraction of sp³-hybridized carbons (Fsp3) is 0.100. The highest BCUT2D eigenvalue weighted by atomic mass is 35.5. The van der Waals surface area contributed by atoms with Crippen molar-refractivity contribution >= 4 is 17.5 Å². The molecule has 0 aliphatic rings. The van der Waals surface area contributed by atoms with Crippen molar-refractivity contribution in [2.24, 2.45) is 0 Å². The average Bonchev–Trinajstić information content (AvgIpc) is 3.09. The molecule has 3 rings (SSSR count). The van der Waals surface area contributed by atoms with Gasteiger partial charge in [-0.1, -0.05) is 11.6 Å². The molecule has 0 fully saturated rings. The van der Waals surface area contributed by atoms with Crippen molar-refractivity contribution in [3.63, 3.8) is 0 Å². The SMILES string of the molecule is CNc1nc(-n2cccn2)nc(-n2cc(Cl)cn2)n1. The third-order valence-corrected chi connectivity index (χ3v) is 2.50. The van der Waals surface area contributed by atoms with E-state index in [1.54, 1.807) is 31.7 Å². The van der Waals surface area contributed by atoms with Gasteiger partial charge in [0, 0.05) is 19.4 Å². The van der Waals surface area contributed by atoms with Crippen molar-refractivity contribution in [2.45, 2.75) is 0 Å². The van der Waals surface area contributed by atoms with E-state index in [2.05, 4.69) is 30.5 Å². The lowest BCUT2D eigenvalue weighted by Gasteiger charge is -2.06. The molecule has 0 atom stereocenters. The molecule has 9 heteroatoms. The molecular formula is C10H9ClN8. The summed E-state index contributed by atoms with van der Waals surface area (Å²) in [5.74, 6) is 1.17. The molecule has 0 saturated carbocycles. The molecule has 0 spiro atoms. The Labute approximate surface area is 113 Å². The van der Waals surface area contributed by atoms with Crippen LogP contribution in [0, 0.1) is 0 Å². The Bertz CT molecular complexity index is 689. The Balaban J connectivity index is 2.12. The second-order valence-electron chi connectivity index (χ2n) is 3.56. The molecule has 0 amide bonds. The molecule has 1 N–H and O–H groups in total. The maximum Gasteiger partial charge on any atom is 0.257 e. The number of nitrogens with zero attached hydrogens (tertiary/aromatic N) is 7. The summed E-state index contributed by atoms with van der Waals surface area (Å²) in [5.41, 5.74) is 0. The highest BCUT2D eigenvalue weighted by Crippen LogP contribution is 2.11. The van der Waals surface area contributed by atoms with E-state index in [0.29, 0.717) is 22.9 Å². The summed E-state index contributed by atoms with van der Waals surface area (Å²) in [6, 6.07) is 1.79. The molecule has 0 bridgehead atoms. The van der Waals surface area contributed by atoms with Gasteiger partial charge >= 0.3 is 0 Å². The van der Waals surface area contributed by atoms with Crippen LogP contribution in [0.2, 0.25) is 5.02 Å². The second-order valence-corrected chi connectivity index (χ2v) is 4.00. The second kappa shape index (κ2) is 4.65. The summed E-state index contributed by atoms with van der Waals surface area (Å²) in [6.07, 6.45) is 6.52. The van der Waals surface area contributed by atoms with Crippen LogP contribution in [0.15, 0.2) is 30.9 Å². The van der Waals surface area contributed by atoms with E-state index in [1.807, 2.05) is 0 Å². The maximum atomic E-state index is 5.84. The van der Waals surface area contributed by atoms with Crippen LogP contribution in [0.25, 0.3) is 11.9 Å². The number of nitrogens with one attached hydrogen (secondary N) is 1. The minimum absolute atomic E-state index is 0.358. The number of anilines is 1. The van der Waals surface area contributed by atoms with Gasteiger partial charge in [-0.15, -0.1) is 0 Å². The fourth-order valence-electron chi connectivity index (χ4n) is 1.47. The first-order valence-electron chi connectivity index (χ1n) is 5.40. The van der Waals surface area contributed by atoms with Crippen LogP contribution in [0.3, 0.4) is 0 Å². The highest BCUT2D eigenvalue weighted by molar-refractivity contribution is 6.30. The van der Waals surface area contributed by atoms with Crippen molar-refractivity contribution < 1.29 is 0 Å². The number of hydrogen-bond acceptors (Lipinski definition) is 6. The zero-order valence-electron chi connectivity index (χ0n) is 9.90. The molecule has 0 unspecified atom stereocenters. The molecule has 8 nitrogen and oxygen atoms in total. The van der Waals surface area contributed by atoms with Crippen LogP contribution < -0.4 is 5.32 Å². The number of aromatic nitrogens is 7. The van der Waals surface area contributed by atoms with Gasteiger partial charge in [-0.3, -0.25) is 0 Å². The van der Waals surface area contributed by atoms with Crippen LogP contribution in [-0.4, -0.2) is 41.6 Å². The van der Waals surface area contributed by atoms with E-state index in [9.17, 15) is 0 Å². The van der Waals surface area contributed by atoms with Crippen LogP contribution >= 0.6 is 11.6 Å². The Kier molecular flexibility index (Phi) is 2.84. The van der Waals surface area contributed by atoms with E-state index in [4.69, 9.17) is 11.6 Å². The Morgan fingerprint density at radius 2 is 1.89 bits per heavy atom.